The second-order valence-corrected chi connectivity index (χ2v) is 3.24. The molecule has 1 heteroatoms. The summed E-state index contributed by atoms with van der Waals surface area (Å²) in [6, 6.07) is 0. The zero-order valence-electron chi connectivity index (χ0n) is 5.81. The molecule has 0 N–H and O–H groups in total. The van der Waals surface area contributed by atoms with Gasteiger partial charge in [-0.25, -0.2) is 0 Å². The maximum atomic E-state index is 5.72. The van der Waals surface area contributed by atoms with E-state index in [0.717, 1.165) is 0 Å². The molecule has 0 atom stereocenters. The molecule has 2 aliphatic rings. The van der Waals surface area contributed by atoms with Gasteiger partial charge in [-0.15, -0.1) is 0 Å². The van der Waals surface area contributed by atoms with Crippen LogP contribution in [-0.2, 0) is 4.74 Å². The van der Waals surface area contributed by atoms with Gasteiger partial charge >= 0.3 is 0 Å². The van der Waals surface area contributed by atoms with Crippen LogP contribution in [-0.4, -0.2) is 12.2 Å². The highest BCUT2D eigenvalue weighted by Gasteiger charge is 2.27. The molecule has 2 aliphatic carbocycles. The summed E-state index contributed by atoms with van der Waals surface area (Å²) in [5.41, 5.74) is 0. The van der Waals surface area contributed by atoms with E-state index in [9.17, 15) is 0 Å². The first kappa shape index (κ1) is 5.72. The molecular formula is C8H14O. The Kier molecular flexibility index (Phi) is 1.46. The van der Waals surface area contributed by atoms with Gasteiger partial charge < -0.3 is 4.74 Å². The molecular weight excluding hydrogens is 112 g/mol. The Labute approximate surface area is 56.4 Å². The van der Waals surface area contributed by atoms with Crippen LogP contribution in [0.2, 0.25) is 0 Å². The minimum atomic E-state index is 0.650. The molecule has 2 saturated carbocycles. The van der Waals surface area contributed by atoms with Crippen molar-refractivity contribution in [2.75, 3.05) is 0 Å². The first-order chi connectivity index (χ1) is 4.45. The predicted octanol–water partition coefficient (Wildman–Crippen LogP) is 2.11. The van der Waals surface area contributed by atoms with Crippen LogP contribution in [0.3, 0.4) is 0 Å². The van der Waals surface area contributed by atoms with Gasteiger partial charge in [-0.1, -0.05) is 12.8 Å². The molecule has 0 aromatic carbocycles. The number of rotatable bonds is 2. The van der Waals surface area contributed by atoms with Gasteiger partial charge in [-0.2, -0.15) is 0 Å². The highest BCUT2D eigenvalue weighted by atomic mass is 16.5. The first-order valence-corrected chi connectivity index (χ1v) is 4.10. The standard InChI is InChI=1S/C8H14O/c1-2-4-7(3-1)9-8-5-6-8/h7-8H,1-6H2. The lowest BCUT2D eigenvalue weighted by Crippen LogP contribution is -2.08. The Hall–Kier alpha value is -0.0400. The number of ether oxygens (including phenoxy) is 1. The number of hydrogen-bond donors (Lipinski definition) is 0. The highest BCUT2D eigenvalue weighted by Crippen LogP contribution is 2.30. The van der Waals surface area contributed by atoms with Crippen molar-refractivity contribution in [1.29, 1.82) is 0 Å². The average molecular weight is 126 g/mol. The first-order valence-electron chi connectivity index (χ1n) is 4.10. The molecule has 2 fully saturated rings. The van der Waals surface area contributed by atoms with E-state index in [1.54, 1.807) is 0 Å². The minimum Gasteiger partial charge on any atom is -0.375 e. The normalized spacial score (nSPS) is 29.3. The topological polar surface area (TPSA) is 9.23 Å². The van der Waals surface area contributed by atoms with Gasteiger partial charge in [0.05, 0.1) is 12.2 Å². The molecule has 0 aromatic heterocycles. The lowest BCUT2D eigenvalue weighted by Gasteiger charge is -2.08. The lowest BCUT2D eigenvalue weighted by atomic mass is 10.3. The molecule has 52 valence electrons. The third-order valence-corrected chi connectivity index (χ3v) is 2.21. The Morgan fingerprint density at radius 2 is 1.33 bits per heavy atom. The van der Waals surface area contributed by atoms with Crippen LogP contribution in [0.4, 0.5) is 0 Å². The predicted molar refractivity (Wildman–Crippen MR) is 36.4 cm³/mol. The van der Waals surface area contributed by atoms with Gasteiger partial charge in [0.2, 0.25) is 0 Å². The van der Waals surface area contributed by atoms with Crippen LogP contribution < -0.4 is 0 Å². The molecule has 0 radical (unpaired) electrons. The third kappa shape index (κ3) is 1.45. The zero-order chi connectivity index (χ0) is 6.10. The SMILES string of the molecule is C1CCC(OC2CC2)C1. The van der Waals surface area contributed by atoms with Crippen molar-refractivity contribution in [1.82, 2.24) is 0 Å². The molecule has 0 heterocycles. The van der Waals surface area contributed by atoms with Crippen molar-refractivity contribution in [3.63, 3.8) is 0 Å². The summed E-state index contributed by atoms with van der Waals surface area (Å²) in [5.74, 6) is 0. The maximum absolute atomic E-state index is 5.72. The molecule has 2 rings (SSSR count). The molecule has 1 nitrogen and oxygen atoms in total. The minimum absolute atomic E-state index is 0.650. The van der Waals surface area contributed by atoms with E-state index in [1.807, 2.05) is 0 Å². The third-order valence-electron chi connectivity index (χ3n) is 2.21. The van der Waals surface area contributed by atoms with E-state index < -0.39 is 0 Å². The zero-order valence-corrected chi connectivity index (χ0v) is 5.81. The van der Waals surface area contributed by atoms with Crippen molar-refractivity contribution in [2.24, 2.45) is 0 Å². The van der Waals surface area contributed by atoms with Gasteiger partial charge in [0.25, 0.3) is 0 Å². The molecule has 0 saturated heterocycles. The van der Waals surface area contributed by atoms with Crippen LogP contribution in [0.25, 0.3) is 0 Å². The van der Waals surface area contributed by atoms with Crippen LogP contribution >= 0.6 is 0 Å². The molecule has 0 amide bonds. The van der Waals surface area contributed by atoms with Crippen molar-refractivity contribution in [3.05, 3.63) is 0 Å². The molecule has 9 heavy (non-hydrogen) atoms. The Balaban J connectivity index is 1.70. The van der Waals surface area contributed by atoms with Gasteiger partial charge in [0.1, 0.15) is 0 Å². The summed E-state index contributed by atoms with van der Waals surface area (Å²) in [4.78, 5) is 0. The van der Waals surface area contributed by atoms with Crippen molar-refractivity contribution < 1.29 is 4.74 Å². The lowest BCUT2D eigenvalue weighted by molar-refractivity contribution is 0.0451. The Morgan fingerprint density at radius 1 is 0.778 bits per heavy atom. The van der Waals surface area contributed by atoms with Gasteiger partial charge in [-0.3, -0.25) is 0 Å². The summed E-state index contributed by atoms with van der Waals surface area (Å²) in [7, 11) is 0. The molecule has 0 unspecified atom stereocenters. The van der Waals surface area contributed by atoms with Crippen LogP contribution in [0.1, 0.15) is 38.5 Å². The molecule has 0 spiro atoms. The quantitative estimate of drug-likeness (QED) is 0.550. The Bertz CT molecular complexity index is 90.7. The largest absolute Gasteiger partial charge is 0.375 e. The van der Waals surface area contributed by atoms with Gasteiger partial charge in [0, 0.05) is 0 Å². The summed E-state index contributed by atoms with van der Waals surface area (Å²) in [5, 5.41) is 0. The summed E-state index contributed by atoms with van der Waals surface area (Å²) in [6.45, 7) is 0. The van der Waals surface area contributed by atoms with Crippen molar-refractivity contribution >= 4 is 0 Å². The smallest absolute Gasteiger partial charge is 0.0580 e. The van der Waals surface area contributed by atoms with Crippen molar-refractivity contribution in [2.45, 2.75) is 50.7 Å². The van der Waals surface area contributed by atoms with Gasteiger partial charge in [0.15, 0.2) is 0 Å². The van der Waals surface area contributed by atoms with E-state index in [0.29, 0.717) is 12.2 Å². The van der Waals surface area contributed by atoms with E-state index in [2.05, 4.69) is 0 Å². The number of hydrogen-bond acceptors (Lipinski definition) is 1. The second kappa shape index (κ2) is 2.30. The fourth-order valence-electron chi connectivity index (χ4n) is 1.50. The second-order valence-electron chi connectivity index (χ2n) is 3.24. The summed E-state index contributed by atoms with van der Waals surface area (Å²) in [6.07, 6.45) is 9.44. The van der Waals surface area contributed by atoms with E-state index >= 15 is 0 Å². The van der Waals surface area contributed by atoms with Crippen molar-refractivity contribution in [3.8, 4) is 0 Å². The molecule has 0 aliphatic heterocycles. The van der Waals surface area contributed by atoms with Crippen LogP contribution in [0.5, 0.6) is 0 Å². The molecule has 0 aromatic rings. The summed E-state index contributed by atoms with van der Waals surface area (Å²) >= 11 is 0. The molecule has 0 bridgehead atoms. The van der Waals surface area contributed by atoms with Crippen LogP contribution in [0.15, 0.2) is 0 Å². The van der Waals surface area contributed by atoms with Crippen LogP contribution in [0, 0.1) is 0 Å². The summed E-state index contributed by atoms with van der Waals surface area (Å²) < 4.78 is 5.72. The monoisotopic (exact) mass is 126 g/mol. The highest BCUT2D eigenvalue weighted by molar-refractivity contribution is 4.77. The van der Waals surface area contributed by atoms with E-state index in [4.69, 9.17) is 4.74 Å². The fraction of sp³-hybridized carbons (Fsp3) is 1.00. The maximum Gasteiger partial charge on any atom is 0.0580 e. The average Bonchev–Trinajstić information content (AvgIpc) is 2.46. The fourth-order valence-corrected chi connectivity index (χ4v) is 1.50. The van der Waals surface area contributed by atoms with Gasteiger partial charge in [-0.05, 0) is 25.7 Å². The van der Waals surface area contributed by atoms with E-state index in [-0.39, 0.29) is 0 Å². The Morgan fingerprint density at radius 3 is 1.89 bits per heavy atom. The van der Waals surface area contributed by atoms with E-state index in [1.165, 1.54) is 38.5 Å².